The Bertz CT molecular complexity index is 375. The molecule has 10 heteroatoms. The first-order valence-electron chi connectivity index (χ1n) is 6.53. The number of aliphatic hydroxyl groups is 1. The first-order valence-corrected chi connectivity index (χ1v) is 8.02. The number of nitrogens with one attached hydrogen (secondary N) is 1. The van der Waals surface area contributed by atoms with Gasteiger partial charge in [0, 0.05) is 19.4 Å². The highest BCUT2D eigenvalue weighted by atomic mass is 31.2. The van der Waals surface area contributed by atoms with E-state index in [0.717, 1.165) is 0 Å². The van der Waals surface area contributed by atoms with Gasteiger partial charge in [-0.25, -0.2) is 4.57 Å². The molecule has 0 aliphatic carbocycles. The van der Waals surface area contributed by atoms with E-state index in [2.05, 4.69) is 19.1 Å². The SMILES string of the molecule is CCC(=O)NCCOP(=O)(O)OCC(O)COC(=O)CC. The van der Waals surface area contributed by atoms with E-state index < -0.39 is 26.5 Å². The number of phosphoric acid groups is 1. The highest BCUT2D eigenvalue weighted by Crippen LogP contribution is 2.42. The maximum Gasteiger partial charge on any atom is 0.472 e. The van der Waals surface area contributed by atoms with Crippen molar-refractivity contribution in [2.24, 2.45) is 0 Å². The molecule has 0 aromatic rings. The number of amides is 1. The van der Waals surface area contributed by atoms with Crippen LogP contribution in [0, 0.1) is 0 Å². The van der Waals surface area contributed by atoms with Crippen LogP contribution in [0.2, 0.25) is 0 Å². The zero-order valence-corrected chi connectivity index (χ0v) is 13.0. The van der Waals surface area contributed by atoms with Crippen LogP contribution in [0.5, 0.6) is 0 Å². The predicted molar refractivity (Wildman–Crippen MR) is 72.3 cm³/mol. The van der Waals surface area contributed by atoms with E-state index in [4.69, 9.17) is 0 Å². The van der Waals surface area contributed by atoms with Gasteiger partial charge in [-0.3, -0.25) is 18.6 Å². The van der Waals surface area contributed by atoms with Gasteiger partial charge in [0.05, 0.1) is 13.2 Å². The van der Waals surface area contributed by atoms with E-state index in [0.29, 0.717) is 6.42 Å². The molecule has 0 saturated heterocycles. The number of ether oxygens (including phenoxy) is 1. The number of carbonyl (C=O) groups is 2. The number of aliphatic hydroxyl groups excluding tert-OH is 1. The van der Waals surface area contributed by atoms with Gasteiger partial charge in [-0.2, -0.15) is 0 Å². The third-order valence-corrected chi connectivity index (χ3v) is 3.14. The highest BCUT2D eigenvalue weighted by Gasteiger charge is 2.23. The molecule has 2 unspecified atom stereocenters. The van der Waals surface area contributed by atoms with Gasteiger partial charge in [0.1, 0.15) is 12.7 Å². The van der Waals surface area contributed by atoms with Crippen LogP contribution in [0.1, 0.15) is 26.7 Å². The van der Waals surface area contributed by atoms with E-state index in [1.54, 1.807) is 13.8 Å². The average Bonchev–Trinajstić information content (AvgIpc) is 2.46. The fraction of sp³-hybridized carbons (Fsp3) is 0.818. The maximum atomic E-state index is 11.4. The molecule has 0 aromatic carbocycles. The summed E-state index contributed by atoms with van der Waals surface area (Å²) in [6.45, 7) is 2.27. The normalized spacial score (nSPS) is 15.0. The largest absolute Gasteiger partial charge is 0.472 e. The van der Waals surface area contributed by atoms with Gasteiger partial charge >= 0.3 is 13.8 Å². The van der Waals surface area contributed by atoms with Crippen LogP contribution in [0.3, 0.4) is 0 Å². The molecule has 0 spiro atoms. The van der Waals surface area contributed by atoms with Gasteiger partial charge in [0.25, 0.3) is 0 Å². The van der Waals surface area contributed by atoms with Crippen molar-refractivity contribution in [3.63, 3.8) is 0 Å². The summed E-state index contributed by atoms with van der Waals surface area (Å²) in [5.74, 6) is -0.704. The van der Waals surface area contributed by atoms with Gasteiger partial charge in [-0.1, -0.05) is 13.8 Å². The summed E-state index contributed by atoms with van der Waals surface area (Å²) in [6, 6.07) is 0. The number of carbonyl (C=O) groups excluding carboxylic acids is 2. The zero-order valence-electron chi connectivity index (χ0n) is 12.1. The van der Waals surface area contributed by atoms with E-state index >= 15 is 0 Å². The Morgan fingerprint density at radius 3 is 2.43 bits per heavy atom. The van der Waals surface area contributed by atoms with Crippen molar-refractivity contribution in [1.82, 2.24) is 5.32 Å². The molecule has 124 valence electrons. The van der Waals surface area contributed by atoms with Crippen LogP contribution >= 0.6 is 7.82 Å². The van der Waals surface area contributed by atoms with E-state index in [1.807, 2.05) is 0 Å². The van der Waals surface area contributed by atoms with Crippen LogP contribution < -0.4 is 5.32 Å². The molecule has 0 saturated carbocycles. The Morgan fingerprint density at radius 2 is 1.86 bits per heavy atom. The third-order valence-electron chi connectivity index (χ3n) is 2.16. The van der Waals surface area contributed by atoms with Gasteiger partial charge in [0.2, 0.25) is 5.91 Å². The van der Waals surface area contributed by atoms with Crippen molar-refractivity contribution in [2.75, 3.05) is 26.4 Å². The standard InChI is InChI=1S/C11H22NO8P/c1-3-10(14)12-5-6-19-21(16,17)20-8-9(13)7-18-11(15)4-2/h9,13H,3-8H2,1-2H3,(H,12,14)(H,16,17). The Kier molecular flexibility index (Phi) is 10.2. The molecule has 0 aromatic heterocycles. The molecule has 0 heterocycles. The minimum Gasteiger partial charge on any atom is -0.463 e. The van der Waals surface area contributed by atoms with E-state index in [1.165, 1.54) is 0 Å². The number of phosphoric ester groups is 1. The van der Waals surface area contributed by atoms with Crippen LogP contribution in [0.4, 0.5) is 0 Å². The van der Waals surface area contributed by atoms with Gasteiger partial charge in [-0.15, -0.1) is 0 Å². The molecule has 0 aliphatic heterocycles. The molecule has 9 nitrogen and oxygen atoms in total. The fourth-order valence-electron chi connectivity index (χ4n) is 1.03. The van der Waals surface area contributed by atoms with E-state index in [9.17, 15) is 24.2 Å². The molecule has 0 radical (unpaired) electrons. The Labute approximate surface area is 123 Å². The smallest absolute Gasteiger partial charge is 0.463 e. The first-order chi connectivity index (χ1) is 9.80. The van der Waals surface area contributed by atoms with Gasteiger partial charge < -0.3 is 20.1 Å². The fourth-order valence-corrected chi connectivity index (χ4v) is 1.79. The van der Waals surface area contributed by atoms with Crippen molar-refractivity contribution in [3.8, 4) is 0 Å². The van der Waals surface area contributed by atoms with Gasteiger partial charge in [-0.05, 0) is 0 Å². The Balaban J connectivity index is 3.83. The van der Waals surface area contributed by atoms with Crippen LogP contribution in [-0.4, -0.2) is 54.3 Å². The molecule has 0 rings (SSSR count). The highest BCUT2D eigenvalue weighted by molar-refractivity contribution is 7.47. The monoisotopic (exact) mass is 327 g/mol. The Morgan fingerprint density at radius 1 is 1.19 bits per heavy atom. The lowest BCUT2D eigenvalue weighted by Gasteiger charge is -2.15. The summed E-state index contributed by atoms with van der Waals surface area (Å²) in [5, 5.41) is 11.8. The molecule has 0 bridgehead atoms. The van der Waals surface area contributed by atoms with Crippen LogP contribution in [0.15, 0.2) is 0 Å². The molecule has 1 amide bonds. The quantitative estimate of drug-likeness (QED) is 0.274. The van der Waals surface area contributed by atoms with Crippen molar-refractivity contribution >= 4 is 19.7 Å². The lowest BCUT2D eigenvalue weighted by Crippen LogP contribution is -2.26. The molecular formula is C11H22NO8P. The third kappa shape index (κ3) is 11.4. The Hall–Kier alpha value is -0.990. The summed E-state index contributed by atoms with van der Waals surface area (Å²) in [5.41, 5.74) is 0. The minimum absolute atomic E-state index is 0.0667. The lowest BCUT2D eigenvalue weighted by atomic mass is 10.4. The number of rotatable bonds is 11. The molecular weight excluding hydrogens is 305 g/mol. The predicted octanol–water partition coefficient (Wildman–Crippen LogP) is -0.0397. The van der Waals surface area contributed by atoms with Crippen molar-refractivity contribution in [1.29, 1.82) is 0 Å². The van der Waals surface area contributed by atoms with Crippen LogP contribution in [0.25, 0.3) is 0 Å². The number of hydrogen-bond acceptors (Lipinski definition) is 7. The van der Waals surface area contributed by atoms with Crippen molar-refractivity contribution < 1.29 is 37.9 Å². The summed E-state index contributed by atoms with van der Waals surface area (Å²) in [7, 11) is -4.32. The molecule has 0 fully saturated rings. The summed E-state index contributed by atoms with van der Waals surface area (Å²) >= 11 is 0. The summed E-state index contributed by atoms with van der Waals surface area (Å²) in [4.78, 5) is 31.0. The summed E-state index contributed by atoms with van der Waals surface area (Å²) < 4.78 is 25.1. The van der Waals surface area contributed by atoms with Gasteiger partial charge in [0.15, 0.2) is 0 Å². The minimum atomic E-state index is -4.32. The lowest BCUT2D eigenvalue weighted by molar-refractivity contribution is -0.146. The van der Waals surface area contributed by atoms with Crippen LogP contribution in [-0.2, 0) is 27.9 Å². The maximum absolute atomic E-state index is 11.4. The number of esters is 1. The van der Waals surface area contributed by atoms with E-state index in [-0.39, 0.29) is 32.1 Å². The van der Waals surface area contributed by atoms with Crippen molar-refractivity contribution in [2.45, 2.75) is 32.8 Å². The average molecular weight is 327 g/mol. The first kappa shape index (κ1) is 20.0. The second-order valence-electron chi connectivity index (χ2n) is 3.99. The second kappa shape index (κ2) is 10.7. The molecule has 3 N–H and O–H groups in total. The topological polar surface area (TPSA) is 131 Å². The van der Waals surface area contributed by atoms with Crippen molar-refractivity contribution in [3.05, 3.63) is 0 Å². The molecule has 0 aliphatic rings. The second-order valence-corrected chi connectivity index (χ2v) is 5.44. The number of hydrogen-bond donors (Lipinski definition) is 3. The zero-order chi connectivity index (χ0) is 16.3. The molecule has 2 atom stereocenters. The molecule has 21 heavy (non-hydrogen) atoms. The summed E-state index contributed by atoms with van der Waals surface area (Å²) in [6.07, 6.45) is -0.765.